The molecule has 3 rings (SSSR count). The zero-order valence-corrected chi connectivity index (χ0v) is 13.8. The van der Waals surface area contributed by atoms with Crippen molar-refractivity contribution in [3.63, 3.8) is 0 Å². The number of nitrogens with zero attached hydrogens (tertiary/aromatic N) is 2. The fourth-order valence-corrected chi connectivity index (χ4v) is 2.90. The van der Waals surface area contributed by atoms with E-state index in [0.29, 0.717) is 25.4 Å². The molecule has 0 saturated heterocycles. The first kappa shape index (κ1) is 15.5. The van der Waals surface area contributed by atoms with Gasteiger partial charge in [-0.15, -0.1) is 0 Å². The Morgan fingerprint density at radius 3 is 2.83 bits per heavy atom. The highest BCUT2D eigenvalue weighted by Crippen LogP contribution is 2.33. The van der Waals surface area contributed by atoms with Crippen LogP contribution in [-0.4, -0.2) is 35.6 Å². The van der Waals surface area contributed by atoms with Crippen LogP contribution in [0.5, 0.6) is 11.5 Å². The Hall–Kier alpha value is -2.43. The highest BCUT2D eigenvalue weighted by molar-refractivity contribution is 5.95. The third-order valence-electron chi connectivity index (χ3n) is 4.36. The number of rotatable bonds is 2. The Bertz CT molecular complexity index is 721. The maximum absolute atomic E-state index is 12.9. The van der Waals surface area contributed by atoms with Crippen LogP contribution in [0.2, 0.25) is 0 Å². The molecule has 23 heavy (non-hydrogen) atoms. The molecule has 0 saturated carbocycles. The van der Waals surface area contributed by atoms with Gasteiger partial charge in [0.05, 0.1) is 19.3 Å². The normalized spacial score (nSPS) is 14.5. The van der Waals surface area contributed by atoms with Crippen molar-refractivity contribution in [2.45, 2.75) is 19.9 Å². The van der Waals surface area contributed by atoms with Gasteiger partial charge in [-0.25, -0.2) is 0 Å². The summed E-state index contributed by atoms with van der Waals surface area (Å²) in [6.07, 6.45) is 2.72. The standard InChI is InChI=1S/C18H22N2O3/c1-13-15(8-10-19(13)2)18(21)20-9-5-11-23-17-14(12-20)6-4-7-16(17)22-3/h4,6-8,10H,5,9,11-12H2,1-3H3. The molecule has 1 aromatic heterocycles. The number of aryl methyl sites for hydroxylation is 1. The van der Waals surface area contributed by atoms with Crippen molar-refractivity contribution in [3.05, 3.63) is 47.3 Å². The Morgan fingerprint density at radius 1 is 1.30 bits per heavy atom. The Morgan fingerprint density at radius 2 is 2.13 bits per heavy atom. The molecule has 0 radical (unpaired) electrons. The molecule has 0 unspecified atom stereocenters. The Labute approximate surface area is 136 Å². The van der Waals surface area contributed by atoms with Crippen molar-refractivity contribution in [1.29, 1.82) is 0 Å². The van der Waals surface area contributed by atoms with Gasteiger partial charge < -0.3 is 18.9 Å². The lowest BCUT2D eigenvalue weighted by atomic mass is 10.1. The third-order valence-corrected chi connectivity index (χ3v) is 4.36. The van der Waals surface area contributed by atoms with Crippen molar-refractivity contribution in [2.24, 2.45) is 7.05 Å². The van der Waals surface area contributed by atoms with Crippen molar-refractivity contribution < 1.29 is 14.3 Å². The van der Waals surface area contributed by atoms with Gasteiger partial charge in [-0.2, -0.15) is 0 Å². The number of fused-ring (bicyclic) bond motifs is 1. The van der Waals surface area contributed by atoms with E-state index in [-0.39, 0.29) is 5.91 Å². The summed E-state index contributed by atoms with van der Waals surface area (Å²) in [7, 11) is 3.58. The maximum Gasteiger partial charge on any atom is 0.255 e. The lowest BCUT2D eigenvalue weighted by Crippen LogP contribution is -2.34. The number of ether oxygens (including phenoxy) is 2. The third kappa shape index (κ3) is 2.91. The Balaban J connectivity index is 1.92. The van der Waals surface area contributed by atoms with Crippen LogP contribution in [0.3, 0.4) is 0 Å². The van der Waals surface area contributed by atoms with E-state index in [1.54, 1.807) is 7.11 Å². The largest absolute Gasteiger partial charge is 0.493 e. The van der Waals surface area contributed by atoms with E-state index < -0.39 is 0 Å². The van der Waals surface area contributed by atoms with Crippen LogP contribution >= 0.6 is 0 Å². The van der Waals surface area contributed by atoms with Crippen LogP contribution in [-0.2, 0) is 13.6 Å². The number of hydrogen-bond acceptors (Lipinski definition) is 3. The number of hydrogen-bond donors (Lipinski definition) is 0. The van der Waals surface area contributed by atoms with E-state index in [1.807, 2.05) is 53.9 Å². The first-order valence-corrected chi connectivity index (χ1v) is 7.81. The van der Waals surface area contributed by atoms with Gasteiger partial charge in [0.2, 0.25) is 0 Å². The highest BCUT2D eigenvalue weighted by atomic mass is 16.5. The van der Waals surface area contributed by atoms with Crippen molar-refractivity contribution in [1.82, 2.24) is 9.47 Å². The summed E-state index contributed by atoms with van der Waals surface area (Å²) in [5.74, 6) is 1.53. The number of carbonyl (C=O) groups excluding carboxylic acids is 1. The summed E-state index contributed by atoms with van der Waals surface area (Å²) in [5, 5.41) is 0. The molecule has 0 fully saturated rings. The van der Waals surface area contributed by atoms with Crippen LogP contribution in [0, 0.1) is 6.92 Å². The minimum absolute atomic E-state index is 0.0683. The molecule has 0 N–H and O–H groups in total. The first-order chi connectivity index (χ1) is 11.1. The van der Waals surface area contributed by atoms with Gasteiger partial charge in [-0.05, 0) is 25.5 Å². The monoisotopic (exact) mass is 314 g/mol. The van der Waals surface area contributed by atoms with Crippen LogP contribution in [0.15, 0.2) is 30.5 Å². The lowest BCUT2D eigenvalue weighted by molar-refractivity contribution is 0.0720. The number of aromatic nitrogens is 1. The van der Waals surface area contributed by atoms with E-state index >= 15 is 0 Å². The van der Waals surface area contributed by atoms with Crippen LogP contribution in [0.4, 0.5) is 0 Å². The predicted molar refractivity (Wildman–Crippen MR) is 88.0 cm³/mol. The summed E-state index contributed by atoms with van der Waals surface area (Å²) in [6.45, 7) is 3.76. The van der Waals surface area contributed by atoms with Gasteiger partial charge >= 0.3 is 0 Å². The van der Waals surface area contributed by atoms with E-state index in [1.165, 1.54) is 0 Å². The summed E-state index contributed by atoms with van der Waals surface area (Å²) in [6, 6.07) is 7.69. The number of benzene rings is 1. The molecule has 122 valence electrons. The van der Waals surface area contributed by atoms with Crippen molar-refractivity contribution >= 4 is 5.91 Å². The molecule has 2 heterocycles. The molecule has 0 atom stereocenters. The van der Waals surface area contributed by atoms with Gasteiger partial charge in [0.15, 0.2) is 11.5 Å². The minimum Gasteiger partial charge on any atom is -0.493 e. The van der Waals surface area contributed by atoms with Gasteiger partial charge in [-0.3, -0.25) is 4.79 Å². The number of amides is 1. The molecule has 1 aliphatic rings. The molecular formula is C18H22N2O3. The molecular weight excluding hydrogens is 292 g/mol. The van der Waals surface area contributed by atoms with Crippen molar-refractivity contribution in [3.8, 4) is 11.5 Å². The van der Waals surface area contributed by atoms with E-state index in [9.17, 15) is 4.79 Å². The smallest absolute Gasteiger partial charge is 0.255 e. The van der Waals surface area contributed by atoms with Gasteiger partial charge in [0.1, 0.15) is 0 Å². The average Bonchev–Trinajstić information content (AvgIpc) is 2.86. The number of carbonyl (C=O) groups is 1. The molecule has 0 aliphatic carbocycles. The van der Waals surface area contributed by atoms with Crippen LogP contribution in [0.25, 0.3) is 0 Å². The van der Waals surface area contributed by atoms with E-state index in [2.05, 4.69) is 0 Å². The molecule has 0 spiro atoms. The quantitative estimate of drug-likeness (QED) is 0.856. The zero-order chi connectivity index (χ0) is 16.4. The average molecular weight is 314 g/mol. The molecule has 1 aliphatic heterocycles. The second-order valence-corrected chi connectivity index (χ2v) is 5.80. The summed E-state index contributed by atoms with van der Waals surface area (Å²) >= 11 is 0. The lowest BCUT2D eigenvalue weighted by Gasteiger charge is -2.27. The molecule has 5 nitrogen and oxygen atoms in total. The molecule has 0 bridgehead atoms. The second-order valence-electron chi connectivity index (χ2n) is 5.80. The van der Waals surface area contributed by atoms with Crippen molar-refractivity contribution in [2.75, 3.05) is 20.3 Å². The summed E-state index contributed by atoms with van der Waals surface area (Å²) < 4.78 is 13.2. The SMILES string of the molecule is COc1cccc2c1OCCCN(C(=O)c1ccn(C)c1C)C2. The Kier molecular flexibility index (Phi) is 4.28. The molecule has 5 heteroatoms. The van der Waals surface area contributed by atoms with Gasteiger partial charge in [0, 0.05) is 37.6 Å². The topological polar surface area (TPSA) is 43.7 Å². The van der Waals surface area contributed by atoms with Gasteiger partial charge in [-0.1, -0.05) is 12.1 Å². The molecule has 1 aromatic carbocycles. The van der Waals surface area contributed by atoms with E-state index in [4.69, 9.17) is 9.47 Å². The number of methoxy groups -OCH3 is 1. The second kappa shape index (κ2) is 6.36. The van der Waals surface area contributed by atoms with Gasteiger partial charge in [0.25, 0.3) is 5.91 Å². The summed E-state index contributed by atoms with van der Waals surface area (Å²) in [5.41, 5.74) is 2.73. The fourth-order valence-electron chi connectivity index (χ4n) is 2.90. The fraction of sp³-hybridized carbons (Fsp3) is 0.389. The summed E-state index contributed by atoms with van der Waals surface area (Å²) in [4.78, 5) is 14.8. The van der Waals surface area contributed by atoms with Crippen LogP contribution < -0.4 is 9.47 Å². The molecule has 1 amide bonds. The first-order valence-electron chi connectivity index (χ1n) is 7.81. The van der Waals surface area contributed by atoms with Crippen LogP contribution in [0.1, 0.15) is 28.0 Å². The maximum atomic E-state index is 12.9. The minimum atomic E-state index is 0.0683. The number of para-hydroxylation sites is 1. The van der Waals surface area contributed by atoms with E-state index in [0.717, 1.165) is 29.0 Å². The molecule has 2 aromatic rings. The zero-order valence-electron chi connectivity index (χ0n) is 13.8. The highest BCUT2D eigenvalue weighted by Gasteiger charge is 2.23. The predicted octanol–water partition coefficient (Wildman–Crippen LogP) is 2.77.